The van der Waals surface area contributed by atoms with Crippen molar-refractivity contribution in [2.75, 3.05) is 7.11 Å². The molecule has 1 rings (SSSR count). The van der Waals surface area contributed by atoms with E-state index in [1.807, 2.05) is 19.9 Å². The van der Waals surface area contributed by atoms with E-state index < -0.39 is 5.60 Å². The number of rotatable bonds is 5. The topological polar surface area (TPSA) is 29.5 Å². The van der Waals surface area contributed by atoms with Gasteiger partial charge in [0.05, 0.1) is 12.7 Å². The molecule has 0 saturated carbocycles. The van der Waals surface area contributed by atoms with Crippen molar-refractivity contribution in [2.45, 2.75) is 45.6 Å². The summed E-state index contributed by atoms with van der Waals surface area (Å²) in [5, 5.41) is 9.73. The van der Waals surface area contributed by atoms with Crippen molar-refractivity contribution in [2.24, 2.45) is 0 Å². The molecular formula is C14H22O2. The molecule has 1 aromatic rings. The number of aliphatic hydroxyl groups is 1. The van der Waals surface area contributed by atoms with E-state index in [0.29, 0.717) is 0 Å². The molecule has 2 heteroatoms. The van der Waals surface area contributed by atoms with Gasteiger partial charge in [-0.1, -0.05) is 19.1 Å². The molecule has 0 unspecified atom stereocenters. The van der Waals surface area contributed by atoms with Gasteiger partial charge in [0.2, 0.25) is 0 Å². The van der Waals surface area contributed by atoms with E-state index in [4.69, 9.17) is 4.74 Å². The minimum Gasteiger partial charge on any atom is -0.496 e. The molecule has 0 fully saturated rings. The van der Waals surface area contributed by atoms with Crippen LogP contribution in [0.3, 0.4) is 0 Å². The highest BCUT2D eigenvalue weighted by molar-refractivity contribution is 5.37. The van der Waals surface area contributed by atoms with Crippen LogP contribution in [0, 0.1) is 0 Å². The van der Waals surface area contributed by atoms with Crippen molar-refractivity contribution in [1.29, 1.82) is 0 Å². The zero-order valence-corrected chi connectivity index (χ0v) is 10.7. The van der Waals surface area contributed by atoms with Gasteiger partial charge in [0, 0.05) is 0 Å². The van der Waals surface area contributed by atoms with Gasteiger partial charge in [-0.2, -0.15) is 0 Å². The fourth-order valence-corrected chi connectivity index (χ4v) is 1.69. The second-order valence-electron chi connectivity index (χ2n) is 4.81. The smallest absolute Gasteiger partial charge is 0.122 e. The first-order valence-corrected chi connectivity index (χ1v) is 5.84. The number of methoxy groups -OCH3 is 1. The second-order valence-corrected chi connectivity index (χ2v) is 4.81. The van der Waals surface area contributed by atoms with Crippen molar-refractivity contribution < 1.29 is 9.84 Å². The molecule has 2 nitrogen and oxygen atoms in total. The molecule has 0 aliphatic rings. The lowest BCUT2D eigenvalue weighted by Gasteiger charge is -2.18. The first-order valence-electron chi connectivity index (χ1n) is 5.84. The number of ether oxygens (including phenoxy) is 1. The van der Waals surface area contributed by atoms with Crippen molar-refractivity contribution >= 4 is 0 Å². The predicted molar refractivity (Wildman–Crippen MR) is 67.0 cm³/mol. The molecule has 0 bridgehead atoms. The van der Waals surface area contributed by atoms with E-state index >= 15 is 0 Å². The number of benzene rings is 1. The minimum absolute atomic E-state index is 0.618. The Hall–Kier alpha value is -1.02. The molecule has 0 aromatic heterocycles. The van der Waals surface area contributed by atoms with Gasteiger partial charge in [-0.15, -0.1) is 0 Å². The Balaban J connectivity index is 2.83. The molecule has 0 amide bonds. The van der Waals surface area contributed by atoms with Crippen LogP contribution in [0.15, 0.2) is 18.2 Å². The van der Waals surface area contributed by atoms with Crippen molar-refractivity contribution in [3.63, 3.8) is 0 Å². The quantitative estimate of drug-likeness (QED) is 0.830. The van der Waals surface area contributed by atoms with E-state index in [1.165, 1.54) is 11.1 Å². The van der Waals surface area contributed by atoms with E-state index in [0.717, 1.165) is 25.0 Å². The van der Waals surface area contributed by atoms with Crippen molar-refractivity contribution in [3.8, 4) is 5.75 Å². The summed E-state index contributed by atoms with van der Waals surface area (Å²) < 4.78 is 5.33. The third kappa shape index (κ3) is 3.86. The van der Waals surface area contributed by atoms with E-state index in [9.17, 15) is 5.11 Å². The van der Waals surface area contributed by atoms with Crippen molar-refractivity contribution in [3.05, 3.63) is 29.3 Å². The SMILES string of the molecule is CCc1ccc(OC)c(CCC(C)(C)O)c1. The van der Waals surface area contributed by atoms with Gasteiger partial charge in [0.15, 0.2) is 0 Å². The minimum atomic E-state index is -0.618. The van der Waals surface area contributed by atoms with Gasteiger partial charge in [-0.3, -0.25) is 0 Å². The zero-order chi connectivity index (χ0) is 12.2. The Labute approximate surface area is 98.3 Å². The molecule has 1 N–H and O–H groups in total. The first kappa shape index (κ1) is 13.0. The Morgan fingerprint density at radius 3 is 2.50 bits per heavy atom. The molecule has 0 saturated heterocycles. The maximum Gasteiger partial charge on any atom is 0.122 e. The van der Waals surface area contributed by atoms with Gasteiger partial charge in [-0.05, 0) is 50.3 Å². The van der Waals surface area contributed by atoms with Crippen LogP contribution in [0.2, 0.25) is 0 Å². The van der Waals surface area contributed by atoms with Crippen LogP contribution < -0.4 is 4.74 Å². The Bertz CT molecular complexity index is 337. The third-order valence-electron chi connectivity index (χ3n) is 2.76. The fraction of sp³-hybridized carbons (Fsp3) is 0.571. The van der Waals surface area contributed by atoms with Crippen LogP contribution in [0.1, 0.15) is 38.3 Å². The van der Waals surface area contributed by atoms with Crippen LogP contribution in [0.25, 0.3) is 0 Å². The average molecular weight is 222 g/mol. The van der Waals surface area contributed by atoms with Gasteiger partial charge in [-0.25, -0.2) is 0 Å². The molecule has 0 aliphatic carbocycles. The molecule has 1 aromatic carbocycles. The summed E-state index contributed by atoms with van der Waals surface area (Å²) in [4.78, 5) is 0. The van der Waals surface area contributed by atoms with E-state index in [-0.39, 0.29) is 0 Å². The van der Waals surface area contributed by atoms with Gasteiger partial charge in [0.25, 0.3) is 0 Å². The lowest BCUT2D eigenvalue weighted by Crippen LogP contribution is -2.19. The molecule has 0 radical (unpaired) electrons. The Morgan fingerprint density at radius 1 is 1.31 bits per heavy atom. The van der Waals surface area contributed by atoms with Crippen molar-refractivity contribution in [1.82, 2.24) is 0 Å². The maximum atomic E-state index is 9.73. The summed E-state index contributed by atoms with van der Waals surface area (Å²) in [5.41, 5.74) is 1.88. The second kappa shape index (κ2) is 5.35. The van der Waals surface area contributed by atoms with Gasteiger partial charge >= 0.3 is 0 Å². The van der Waals surface area contributed by atoms with Crippen LogP contribution in [-0.4, -0.2) is 17.8 Å². The highest BCUT2D eigenvalue weighted by Crippen LogP contribution is 2.23. The number of hydrogen-bond acceptors (Lipinski definition) is 2. The number of hydrogen-bond donors (Lipinski definition) is 1. The summed E-state index contributed by atoms with van der Waals surface area (Å²) >= 11 is 0. The zero-order valence-electron chi connectivity index (χ0n) is 10.7. The molecule has 90 valence electrons. The summed E-state index contributed by atoms with van der Waals surface area (Å²) in [6.07, 6.45) is 2.62. The lowest BCUT2D eigenvalue weighted by molar-refractivity contribution is 0.0712. The Morgan fingerprint density at radius 2 is 2.00 bits per heavy atom. The predicted octanol–water partition coefficient (Wildman–Crippen LogP) is 2.96. The Kier molecular flexibility index (Phi) is 4.36. The van der Waals surface area contributed by atoms with Crippen LogP contribution >= 0.6 is 0 Å². The maximum absolute atomic E-state index is 9.73. The normalized spacial score (nSPS) is 11.6. The fourth-order valence-electron chi connectivity index (χ4n) is 1.69. The highest BCUT2D eigenvalue weighted by atomic mass is 16.5. The van der Waals surface area contributed by atoms with Gasteiger partial charge < -0.3 is 9.84 Å². The highest BCUT2D eigenvalue weighted by Gasteiger charge is 2.14. The van der Waals surface area contributed by atoms with Crippen LogP contribution in [0.4, 0.5) is 0 Å². The summed E-state index contributed by atoms with van der Waals surface area (Å²) in [6.45, 7) is 5.81. The standard InChI is InChI=1S/C14H22O2/c1-5-11-6-7-13(16-4)12(10-11)8-9-14(2,3)15/h6-7,10,15H,5,8-9H2,1-4H3. The largest absolute Gasteiger partial charge is 0.496 e. The molecular weight excluding hydrogens is 200 g/mol. The molecule has 16 heavy (non-hydrogen) atoms. The molecule has 0 aliphatic heterocycles. The van der Waals surface area contributed by atoms with Gasteiger partial charge in [0.1, 0.15) is 5.75 Å². The van der Waals surface area contributed by atoms with Crippen LogP contribution in [-0.2, 0) is 12.8 Å². The molecule has 0 spiro atoms. The van der Waals surface area contributed by atoms with E-state index in [1.54, 1.807) is 7.11 Å². The summed E-state index contributed by atoms with van der Waals surface area (Å²) in [6, 6.07) is 6.27. The monoisotopic (exact) mass is 222 g/mol. The first-order chi connectivity index (χ1) is 7.46. The number of aryl methyl sites for hydroxylation is 2. The van der Waals surface area contributed by atoms with Crippen LogP contribution in [0.5, 0.6) is 5.75 Å². The summed E-state index contributed by atoms with van der Waals surface area (Å²) in [7, 11) is 1.69. The average Bonchev–Trinajstić information content (AvgIpc) is 2.25. The molecule has 0 heterocycles. The molecule has 0 atom stereocenters. The van der Waals surface area contributed by atoms with E-state index in [2.05, 4.69) is 19.1 Å². The third-order valence-corrected chi connectivity index (χ3v) is 2.76. The lowest BCUT2D eigenvalue weighted by atomic mass is 9.97. The summed E-state index contributed by atoms with van der Waals surface area (Å²) in [5.74, 6) is 0.918.